The molecule has 2 fully saturated rings. The van der Waals surface area contributed by atoms with Crippen LogP contribution >= 0.6 is 11.6 Å². The minimum absolute atomic E-state index is 0.0262. The fraction of sp³-hybridized carbons (Fsp3) is 0.423. The predicted molar refractivity (Wildman–Crippen MR) is 137 cm³/mol. The highest BCUT2D eigenvalue weighted by Crippen LogP contribution is 2.38. The quantitative estimate of drug-likeness (QED) is 0.456. The van der Waals surface area contributed by atoms with E-state index in [2.05, 4.69) is 26.3 Å². The maximum atomic E-state index is 11.7. The molecule has 5 rings (SSSR count). The van der Waals surface area contributed by atoms with E-state index in [0.29, 0.717) is 47.2 Å². The summed E-state index contributed by atoms with van der Waals surface area (Å²) in [5.74, 6) is -0.0516. The Morgan fingerprint density at radius 1 is 1.28 bits per heavy atom. The molecule has 2 N–H and O–H groups in total. The van der Waals surface area contributed by atoms with Crippen LogP contribution in [0.15, 0.2) is 24.3 Å². The molecule has 9 nitrogen and oxygen atoms in total. The van der Waals surface area contributed by atoms with Crippen LogP contribution in [0.2, 0.25) is 5.15 Å². The van der Waals surface area contributed by atoms with E-state index in [9.17, 15) is 15.2 Å². The first-order valence-corrected chi connectivity index (χ1v) is 12.4. The number of ether oxygens (including phenoxy) is 1. The molecular weight excluding hydrogens is 480 g/mol. The number of benzene rings is 1. The number of nitrogens with one attached hydrogen (secondary N) is 1. The van der Waals surface area contributed by atoms with Gasteiger partial charge < -0.3 is 20.1 Å². The van der Waals surface area contributed by atoms with Crippen molar-refractivity contribution in [3.05, 3.63) is 51.9 Å². The zero-order chi connectivity index (χ0) is 25.6. The Bertz CT molecular complexity index is 1390. The van der Waals surface area contributed by atoms with Crippen molar-refractivity contribution in [2.75, 3.05) is 23.3 Å². The van der Waals surface area contributed by atoms with Crippen molar-refractivity contribution in [1.82, 2.24) is 15.0 Å². The molecule has 1 aliphatic heterocycles. The number of hydrogen-bond acceptors (Lipinski definition) is 8. The Labute approximate surface area is 214 Å². The van der Waals surface area contributed by atoms with E-state index in [-0.39, 0.29) is 29.1 Å². The van der Waals surface area contributed by atoms with Gasteiger partial charge in [-0.05, 0) is 63.3 Å². The van der Waals surface area contributed by atoms with E-state index in [1.807, 2.05) is 32.9 Å². The zero-order valence-corrected chi connectivity index (χ0v) is 21.1. The number of nitrogens with zero attached hydrogens (tertiary/aromatic N) is 5. The second-order valence-electron chi connectivity index (χ2n) is 9.66. The van der Waals surface area contributed by atoms with Crippen molar-refractivity contribution < 1.29 is 14.6 Å². The number of hydrogen-bond donors (Lipinski definition) is 2. The van der Waals surface area contributed by atoms with Crippen molar-refractivity contribution in [2.45, 2.75) is 51.9 Å². The minimum atomic E-state index is -1.17. The number of carboxylic acid groups (broad SMARTS) is 1. The fourth-order valence-corrected chi connectivity index (χ4v) is 5.01. The van der Waals surface area contributed by atoms with Gasteiger partial charge >= 0.3 is 5.97 Å². The van der Waals surface area contributed by atoms with Crippen LogP contribution in [0.1, 0.15) is 60.0 Å². The van der Waals surface area contributed by atoms with Crippen LogP contribution in [0, 0.1) is 24.2 Å². The molecule has 10 heteroatoms. The fourth-order valence-electron chi connectivity index (χ4n) is 4.86. The Kier molecular flexibility index (Phi) is 6.41. The van der Waals surface area contributed by atoms with Gasteiger partial charge in [0.2, 0.25) is 0 Å². The summed E-state index contributed by atoms with van der Waals surface area (Å²) in [5, 5.41) is 22.9. The second-order valence-corrected chi connectivity index (χ2v) is 10.0. The zero-order valence-electron chi connectivity index (χ0n) is 20.3. The maximum Gasteiger partial charge on any atom is 0.356 e. The third kappa shape index (κ3) is 4.79. The Hall–Kier alpha value is -3.48. The Morgan fingerprint density at radius 2 is 2.06 bits per heavy atom. The van der Waals surface area contributed by atoms with Crippen molar-refractivity contribution in [3.8, 4) is 6.07 Å². The molecule has 1 saturated carbocycles. The number of rotatable bonds is 6. The minimum Gasteiger partial charge on any atom is -0.476 e. The topological polar surface area (TPSA) is 124 Å². The molecule has 1 aromatic carbocycles. The number of carboxylic acids is 1. The van der Waals surface area contributed by atoms with Crippen molar-refractivity contribution in [3.63, 3.8) is 0 Å². The Morgan fingerprint density at radius 3 is 2.75 bits per heavy atom. The molecule has 2 unspecified atom stereocenters. The largest absolute Gasteiger partial charge is 0.476 e. The lowest BCUT2D eigenvalue weighted by molar-refractivity contribution is -0.0273. The molecule has 3 heterocycles. The lowest BCUT2D eigenvalue weighted by atomic mass is 10.0. The van der Waals surface area contributed by atoms with Gasteiger partial charge in [-0.3, -0.25) is 0 Å². The summed E-state index contributed by atoms with van der Waals surface area (Å²) in [5.41, 5.74) is 3.57. The molecule has 2 aliphatic rings. The first kappa shape index (κ1) is 24.2. The molecule has 0 bridgehead atoms. The van der Waals surface area contributed by atoms with Crippen LogP contribution in [-0.2, 0) is 4.74 Å². The van der Waals surface area contributed by atoms with E-state index in [0.717, 1.165) is 11.1 Å². The van der Waals surface area contributed by atoms with E-state index in [1.165, 1.54) is 12.8 Å². The number of carbonyl (C=O) groups is 1. The van der Waals surface area contributed by atoms with Crippen LogP contribution in [0.5, 0.6) is 0 Å². The molecule has 1 saturated heterocycles. The third-order valence-electron chi connectivity index (χ3n) is 6.67. The number of aromatic carboxylic acids is 1. The lowest BCUT2D eigenvalue weighted by Crippen LogP contribution is -2.48. The lowest BCUT2D eigenvalue weighted by Gasteiger charge is -2.38. The number of fused-ring (bicyclic) bond motifs is 1. The second kappa shape index (κ2) is 9.52. The maximum absolute atomic E-state index is 11.7. The van der Waals surface area contributed by atoms with E-state index in [4.69, 9.17) is 21.3 Å². The number of morpholine rings is 1. The van der Waals surface area contributed by atoms with Crippen molar-refractivity contribution >= 4 is 40.1 Å². The summed E-state index contributed by atoms with van der Waals surface area (Å²) in [7, 11) is 0. The molecule has 3 atom stereocenters. The molecule has 186 valence electrons. The summed E-state index contributed by atoms with van der Waals surface area (Å²) in [4.78, 5) is 27.5. The van der Waals surface area contributed by atoms with E-state index < -0.39 is 5.97 Å². The highest BCUT2D eigenvalue weighted by atomic mass is 35.5. The summed E-state index contributed by atoms with van der Waals surface area (Å²) < 4.78 is 6.16. The van der Waals surface area contributed by atoms with Crippen LogP contribution in [0.3, 0.4) is 0 Å². The van der Waals surface area contributed by atoms with Gasteiger partial charge in [0.15, 0.2) is 17.2 Å². The molecule has 36 heavy (non-hydrogen) atoms. The van der Waals surface area contributed by atoms with Gasteiger partial charge in [-0.2, -0.15) is 5.26 Å². The van der Waals surface area contributed by atoms with Gasteiger partial charge in [0.05, 0.1) is 35.0 Å². The number of pyridine rings is 1. The molecule has 1 aliphatic carbocycles. The molecule has 0 radical (unpaired) electrons. The molecule has 0 amide bonds. The van der Waals surface area contributed by atoms with Gasteiger partial charge in [0.1, 0.15) is 11.2 Å². The summed E-state index contributed by atoms with van der Waals surface area (Å²) >= 11 is 5.92. The van der Waals surface area contributed by atoms with Gasteiger partial charge in [0.25, 0.3) is 0 Å². The van der Waals surface area contributed by atoms with Gasteiger partial charge in [-0.15, -0.1) is 0 Å². The average Bonchev–Trinajstić information content (AvgIpc) is 3.69. The monoisotopic (exact) mass is 506 g/mol. The smallest absolute Gasteiger partial charge is 0.356 e. The number of aromatic nitrogens is 3. The highest BCUT2D eigenvalue weighted by Gasteiger charge is 2.38. The first-order valence-electron chi connectivity index (χ1n) is 12.0. The molecule has 2 aromatic heterocycles. The number of nitriles is 1. The molecule has 0 spiro atoms. The number of anilines is 2. The summed E-state index contributed by atoms with van der Waals surface area (Å²) in [6.07, 6.45) is 2.50. The third-order valence-corrected chi connectivity index (χ3v) is 6.88. The Balaban J connectivity index is 1.56. The summed E-state index contributed by atoms with van der Waals surface area (Å²) in [6, 6.07) is 8.97. The van der Waals surface area contributed by atoms with Gasteiger partial charge in [-0.25, -0.2) is 19.7 Å². The van der Waals surface area contributed by atoms with E-state index in [1.54, 1.807) is 12.1 Å². The van der Waals surface area contributed by atoms with Crippen LogP contribution < -0.4 is 10.2 Å². The van der Waals surface area contributed by atoms with Crippen molar-refractivity contribution in [1.29, 1.82) is 5.26 Å². The SMILES string of the molecule is Cc1cc([C@@H](C)Nc2ccc(Cl)nc2C(=O)O)c2nc(N3CC(C)OC(C4CC4)C3)c(C#N)nc2c1. The van der Waals surface area contributed by atoms with Crippen LogP contribution in [-0.4, -0.2) is 51.3 Å². The highest BCUT2D eigenvalue weighted by molar-refractivity contribution is 6.29. The van der Waals surface area contributed by atoms with Crippen LogP contribution in [0.4, 0.5) is 11.5 Å². The summed E-state index contributed by atoms with van der Waals surface area (Å²) in [6.45, 7) is 7.23. The first-order chi connectivity index (χ1) is 17.2. The van der Waals surface area contributed by atoms with Gasteiger partial charge in [-0.1, -0.05) is 17.7 Å². The van der Waals surface area contributed by atoms with Gasteiger partial charge in [0, 0.05) is 18.7 Å². The van der Waals surface area contributed by atoms with Crippen molar-refractivity contribution in [2.24, 2.45) is 5.92 Å². The average molecular weight is 507 g/mol. The standard InChI is InChI=1S/C26H27ClN6O3/c1-13-8-17(15(3)29-18-6-7-22(27)31-24(18)26(34)35)23-19(9-13)30-20(10-28)25(32-23)33-11-14(2)36-21(12-33)16-4-5-16/h6-9,14-16,21,29H,4-5,11-12H2,1-3H3,(H,34,35)/t14?,15-,21?/m1/s1. The predicted octanol–water partition coefficient (Wildman–Crippen LogP) is 4.73. The van der Waals surface area contributed by atoms with Crippen LogP contribution in [0.25, 0.3) is 11.0 Å². The number of aryl methyl sites for hydroxylation is 1. The van der Waals surface area contributed by atoms with E-state index >= 15 is 0 Å². The normalized spacial score (nSPS) is 20.7. The molecular formula is C26H27ClN6O3. The molecule has 3 aromatic rings. The number of halogens is 1.